The van der Waals surface area contributed by atoms with Crippen LogP contribution < -0.4 is 16.0 Å². The summed E-state index contributed by atoms with van der Waals surface area (Å²) in [6.45, 7) is 0. The van der Waals surface area contributed by atoms with Gasteiger partial charge >= 0.3 is 6.09 Å². The van der Waals surface area contributed by atoms with Gasteiger partial charge in [-0.15, -0.1) is 0 Å². The minimum Gasteiger partial charge on any atom is -0.453 e. The zero-order valence-corrected chi connectivity index (χ0v) is 16.6. The molecule has 1 unspecified atom stereocenters. The Labute approximate surface area is 173 Å². The van der Waals surface area contributed by atoms with E-state index in [0.29, 0.717) is 11.3 Å². The molecule has 1 atom stereocenters. The summed E-state index contributed by atoms with van der Waals surface area (Å²) in [7, 11) is 3.15. The number of amides is 1. The summed E-state index contributed by atoms with van der Waals surface area (Å²) >= 11 is 0. The molecule has 4 N–H and O–H groups in total. The van der Waals surface area contributed by atoms with Crippen LogP contribution in [-0.2, 0) is 4.74 Å². The second-order valence-electron chi connectivity index (χ2n) is 6.74. The number of ether oxygens (including phenoxy) is 1. The normalized spacial score (nSPS) is 11.8. The highest BCUT2D eigenvalue weighted by Crippen LogP contribution is 2.35. The number of benzene rings is 3. The molecule has 0 saturated carbocycles. The number of methoxy groups -OCH3 is 1. The number of aliphatic hydroxyl groups is 1. The van der Waals surface area contributed by atoms with E-state index in [1.807, 2.05) is 49.5 Å². The first-order valence-corrected chi connectivity index (χ1v) is 9.49. The van der Waals surface area contributed by atoms with Crippen molar-refractivity contribution in [3.8, 4) is 0 Å². The minimum absolute atomic E-state index is 0.530. The summed E-state index contributed by atoms with van der Waals surface area (Å²) in [6.07, 6.45) is -1.57. The van der Waals surface area contributed by atoms with E-state index in [-0.39, 0.29) is 0 Å². The van der Waals surface area contributed by atoms with Crippen molar-refractivity contribution in [2.75, 3.05) is 30.1 Å². The second kappa shape index (κ2) is 8.26. The molecule has 1 heterocycles. The van der Waals surface area contributed by atoms with Crippen molar-refractivity contribution in [2.45, 2.75) is 6.23 Å². The highest BCUT2D eigenvalue weighted by atomic mass is 16.5. The van der Waals surface area contributed by atoms with Crippen molar-refractivity contribution in [3.63, 3.8) is 0 Å². The Morgan fingerprint density at radius 2 is 1.80 bits per heavy atom. The maximum atomic E-state index is 11.5. The lowest BCUT2D eigenvalue weighted by molar-refractivity contribution is 0.187. The highest BCUT2D eigenvalue weighted by Gasteiger charge is 2.15. The van der Waals surface area contributed by atoms with E-state index in [1.165, 1.54) is 7.11 Å². The number of aromatic nitrogens is 1. The van der Waals surface area contributed by atoms with Gasteiger partial charge in [0.1, 0.15) is 0 Å². The standard InChI is InChI=1S/C23H22N4O3/c1-24-19-12-6-10-17-20(16-9-3-4-11-18(16)26-21(17)19)27-22(28)14-7-5-8-15(13-14)25-23(29)30-2/h3-13,22,24,28H,1-2H3,(H,25,29)(H,26,27). The molecule has 0 aliphatic rings. The van der Waals surface area contributed by atoms with Crippen LogP contribution in [0.25, 0.3) is 21.8 Å². The van der Waals surface area contributed by atoms with Crippen LogP contribution in [0.3, 0.4) is 0 Å². The number of nitrogens with zero attached hydrogens (tertiary/aromatic N) is 1. The molecule has 152 valence electrons. The van der Waals surface area contributed by atoms with Crippen LogP contribution in [-0.4, -0.2) is 30.3 Å². The molecule has 0 bridgehead atoms. The molecule has 4 aromatic rings. The molecule has 0 saturated heterocycles. The van der Waals surface area contributed by atoms with Crippen molar-refractivity contribution in [1.29, 1.82) is 0 Å². The number of hydrogen-bond donors (Lipinski definition) is 4. The molecular weight excluding hydrogens is 380 g/mol. The molecule has 0 aliphatic carbocycles. The van der Waals surface area contributed by atoms with Crippen molar-refractivity contribution < 1.29 is 14.6 Å². The quantitative estimate of drug-likeness (QED) is 0.285. The zero-order chi connectivity index (χ0) is 21.1. The van der Waals surface area contributed by atoms with Gasteiger partial charge in [-0.05, 0) is 24.3 Å². The van der Waals surface area contributed by atoms with Gasteiger partial charge in [-0.3, -0.25) is 5.32 Å². The average Bonchev–Trinajstić information content (AvgIpc) is 2.78. The number of pyridine rings is 1. The van der Waals surface area contributed by atoms with Gasteiger partial charge in [-0.1, -0.05) is 42.5 Å². The lowest BCUT2D eigenvalue weighted by atomic mass is 10.1. The smallest absolute Gasteiger partial charge is 0.411 e. The number of rotatable bonds is 5. The van der Waals surface area contributed by atoms with Crippen LogP contribution in [0.4, 0.5) is 21.9 Å². The molecule has 0 fully saturated rings. The molecule has 0 aliphatic heterocycles. The summed E-state index contributed by atoms with van der Waals surface area (Å²) in [4.78, 5) is 16.3. The third-order valence-corrected chi connectivity index (χ3v) is 4.90. The predicted molar refractivity (Wildman–Crippen MR) is 120 cm³/mol. The third kappa shape index (κ3) is 3.70. The molecule has 1 amide bonds. The maximum absolute atomic E-state index is 11.5. The van der Waals surface area contributed by atoms with Gasteiger partial charge in [0.2, 0.25) is 0 Å². The Bertz CT molecular complexity index is 1230. The van der Waals surface area contributed by atoms with Crippen molar-refractivity contribution >= 4 is 45.0 Å². The number of carbonyl (C=O) groups excluding carboxylic acids is 1. The minimum atomic E-state index is -1.00. The number of carbonyl (C=O) groups is 1. The average molecular weight is 402 g/mol. The van der Waals surface area contributed by atoms with Gasteiger partial charge in [-0.2, -0.15) is 0 Å². The molecular formula is C23H22N4O3. The summed E-state index contributed by atoms with van der Waals surface area (Å²) in [5, 5.41) is 21.8. The summed E-state index contributed by atoms with van der Waals surface area (Å²) < 4.78 is 4.63. The summed E-state index contributed by atoms with van der Waals surface area (Å²) in [6, 6.07) is 20.6. The molecule has 7 nitrogen and oxygen atoms in total. The van der Waals surface area contributed by atoms with E-state index in [2.05, 4.69) is 20.7 Å². The fourth-order valence-electron chi connectivity index (χ4n) is 3.45. The van der Waals surface area contributed by atoms with Gasteiger partial charge in [-0.25, -0.2) is 9.78 Å². The van der Waals surface area contributed by atoms with Crippen LogP contribution in [0.2, 0.25) is 0 Å². The number of hydrogen-bond acceptors (Lipinski definition) is 6. The lowest BCUT2D eigenvalue weighted by Gasteiger charge is -2.19. The van der Waals surface area contributed by atoms with Gasteiger partial charge in [0.15, 0.2) is 6.23 Å². The second-order valence-corrected chi connectivity index (χ2v) is 6.74. The van der Waals surface area contributed by atoms with E-state index in [4.69, 9.17) is 4.98 Å². The van der Waals surface area contributed by atoms with E-state index < -0.39 is 12.3 Å². The van der Waals surface area contributed by atoms with Crippen LogP contribution >= 0.6 is 0 Å². The SMILES string of the molecule is CNc1cccc2c(NC(O)c3cccc(NC(=O)OC)c3)c3ccccc3nc12. The van der Waals surface area contributed by atoms with Crippen molar-refractivity contribution in [1.82, 2.24) is 4.98 Å². The first kappa shape index (κ1) is 19.5. The Morgan fingerprint density at radius 1 is 1.03 bits per heavy atom. The van der Waals surface area contributed by atoms with Gasteiger partial charge in [0.05, 0.1) is 29.5 Å². The molecule has 3 aromatic carbocycles. The Kier molecular flexibility index (Phi) is 5.36. The zero-order valence-electron chi connectivity index (χ0n) is 16.6. The maximum Gasteiger partial charge on any atom is 0.411 e. The number of fused-ring (bicyclic) bond motifs is 2. The van der Waals surface area contributed by atoms with Crippen molar-refractivity contribution in [2.24, 2.45) is 0 Å². The first-order chi connectivity index (χ1) is 14.6. The fourth-order valence-corrected chi connectivity index (χ4v) is 3.45. The number of nitrogens with one attached hydrogen (secondary N) is 3. The number of aliphatic hydroxyl groups excluding tert-OH is 1. The van der Waals surface area contributed by atoms with Gasteiger partial charge < -0.3 is 20.5 Å². The predicted octanol–water partition coefficient (Wildman–Crippen LogP) is 4.71. The molecule has 7 heteroatoms. The van der Waals surface area contributed by atoms with Crippen LogP contribution in [0.5, 0.6) is 0 Å². The summed E-state index contributed by atoms with van der Waals surface area (Å²) in [5.41, 5.74) is 4.45. The van der Waals surface area contributed by atoms with E-state index >= 15 is 0 Å². The summed E-state index contributed by atoms with van der Waals surface area (Å²) in [5.74, 6) is 0. The number of anilines is 3. The first-order valence-electron chi connectivity index (χ1n) is 9.49. The lowest BCUT2D eigenvalue weighted by Crippen LogP contribution is -2.13. The Morgan fingerprint density at radius 3 is 2.60 bits per heavy atom. The number of para-hydroxylation sites is 2. The Hall–Kier alpha value is -3.84. The monoisotopic (exact) mass is 402 g/mol. The molecule has 1 aromatic heterocycles. The van der Waals surface area contributed by atoms with Crippen LogP contribution in [0.15, 0.2) is 66.7 Å². The highest BCUT2D eigenvalue weighted by molar-refractivity contribution is 6.10. The third-order valence-electron chi connectivity index (χ3n) is 4.90. The van der Waals surface area contributed by atoms with Crippen molar-refractivity contribution in [3.05, 3.63) is 72.3 Å². The van der Waals surface area contributed by atoms with E-state index in [1.54, 1.807) is 24.3 Å². The van der Waals surface area contributed by atoms with Gasteiger partial charge in [0.25, 0.3) is 0 Å². The van der Waals surface area contributed by atoms with Crippen LogP contribution in [0.1, 0.15) is 11.8 Å². The molecule has 0 radical (unpaired) electrons. The molecule has 4 rings (SSSR count). The van der Waals surface area contributed by atoms with E-state index in [0.717, 1.165) is 33.2 Å². The van der Waals surface area contributed by atoms with E-state index in [9.17, 15) is 9.90 Å². The molecule has 30 heavy (non-hydrogen) atoms. The van der Waals surface area contributed by atoms with Crippen LogP contribution in [0, 0.1) is 0 Å². The largest absolute Gasteiger partial charge is 0.453 e. The fraction of sp³-hybridized carbons (Fsp3) is 0.130. The van der Waals surface area contributed by atoms with Gasteiger partial charge in [0, 0.05) is 29.1 Å². The Balaban J connectivity index is 1.77. The topological polar surface area (TPSA) is 95.5 Å². The molecule has 0 spiro atoms.